The van der Waals surface area contributed by atoms with E-state index < -0.39 is 0 Å². The monoisotopic (exact) mass is 395 g/mol. The van der Waals surface area contributed by atoms with E-state index in [1.807, 2.05) is 74.0 Å². The summed E-state index contributed by atoms with van der Waals surface area (Å²) in [5.41, 5.74) is 3.30. The third-order valence-electron chi connectivity index (χ3n) is 3.78. The molecule has 0 bridgehead atoms. The van der Waals surface area contributed by atoms with Gasteiger partial charge in [0.15, 0.2) is 5.82 Å². The maximum Gasteiger partial charge on any atom is 0.151 e. The zero-order chi connectivity index (χ0) is 18.0. The first-order chi connectivity index (χ1) is 12.0. The van der Waals surface area contributed by atoms with E-state index in [0.717, 1.165) is 26.8 Å². The van der Waals surface area contributed by atoms with Crippen molar-refractivity contribution in [3.63, 3.8) is 0 Å². The van der Waals surface area contributed by atoms with E-state index in [9.17, 15) is 5.26 Å². The van der Waals surface area contributed by atoms with Gasteiger partial charge in [-0.05, 0) is 65.7 Å². The van der Waals surface area contributed by atoms with Crippen molar-refractivity contribution in [3.05, 3.63) is 58.3 Å². The normalized spacial score (nSPS) is 11.8. The minimum absolute atomic E-state index is 0.104. The Morgan fingerprint density at radius 2 is 2.04 bits per heavy atom. The number of halogens is 1. The van der Waals surface area contributed by atoms with E-state index in [1.54, 1.807) is 0 Å². The highest BCUT2D eigenvalue weighted by Gasteiger charge is 2.12. The number of hydrogen-bond donors (Lipinski definition) is 0. The van der Waals surface area contributed by atoms with Crippen molar-refractivity contribution >= 4 is 38.6 Å². The number of nitrogens with zero attached hydrogens (tertiary/aromatic N) is 3. The molecule has 4 nitrogen and oxygen atoms in total. The van der Waals surface area contributed by atoms with Gasteiger partial charge in [0, 0.05) is 7.05 Å². The van der Waals surface area contributed by atoms with Crippen LogP contribution in [0.1, 0.15) is 25.2 Å². The summed E-state index contributed by atoms with van der Waals surface area (Å²) in [4.78, 5) is 4.59. The summed E-state index contributed by atoms with van der Waals surface area (Å²) in [7, 11) is 1.92. The highest BCUT2D eigenvalue weighted by Crippen LogP contribution is 2.29. The predicted octanol–water partition coefficient (Wildman–Crippen LogP) is 5.19. The SMILES string of the molecule is CC(C)Oc1ccc(/C=C(/C#N)c2nc3ccccc3n2C)cc1Br. The number of fused-ring (bicyclic) bond motifs is 1. The Morgan fingerprint density at radius 1 is 1.28 bits per heavy atom. The summed E-state index contributed by atoms with van der Waals surface area (Å²) in [5, 5.41) is 9.63. The molecule has 25 heavy (non-hydrogen) atoms. The summed E-state index contributed by atoms with van der Waals surface area (Å²) in [6.07, 6.45) is 1.94. The van der Waals surface area contributed by atoms with Crippen LogP contribution in [0.5, 0.6) is 5.75 Å². The van der Waals surface area contributed by atoms with E-state index >= 15 is 0 Å². The van der Waals surface area contributed by atoms with Crippen LogP contribution in [-0.4, -0.2) is 15.7 Å². The number of nitriles is 1. The van der Waals surface area contributed by atoms with Crippen molar-refractivity contribution in [2.45, 2.75) is 20.0 Å². The second-order valence-corrected chi connectivity index (χ2v) is 6.86. The van der Waals surface area contributed by atoms with Gasteiger partial charge in [0.05, 0.1) is 27.2 Å². The van der Waals surface area contributed by atoms with Crippen LogP contribution in [0.15, 0.2) is 46.9 Å². The van der Waals surface area contributed by atoms with E-state index in [1.165, 1.54) is 0 Å². The fourth-order valence-electron chi connectivity index (χ4n) is 2.66. The average molecular weight is 396 g/mol. The highest BCUT2D eigenvalue weighted by molar-refractivity contribution is 9.10. The summed E-state index contributed by atoms with van der Waals surface area (Å²) in [5.74, 6) is 1.44. The van der Waals surface area contributed by atoms with E-state index in [-0.39, 0.29) is 6.10 Å². The molecular weight excluding hydrogens is 378 g/mol. The van der Waals surface area contributed by atoms with Crippen molar-refractivity contribution in [1.29, 1.82) is 5.26 Å². The molecule has 3 rings (SSSR count). The molecule has 126 valence electrons. The van der Waals surface area contributed by atoms with Crippen molar-refractivity contribution in [2.24, 2.45) is 7.05 Å². The van der Waals surface area contributed by atoms with Crippen LogP contribution in [0, 0.1) is 11.3 Å². The standard InChI is InChI=1S/C20H18BrN3O/c1-13(2)25-19-9-8-14(11-16(19)21)10-15(12-22)20-23-17-6-4-5-7-18(17)24(20)3/h4-11,13H,1-3H3/b15-10-. The number of para-hydroxylation sites is 2. The molecule has 1 aromatic heterocycles. The van der Waals surface area contributed by atoms with Crippen LogP contribution in [0.3, 0.4) is 0 Å². The number of benzene rings is 2. The van der Waals surface area contributed by atoms with Crippen molar-refractivity contribution in [3.8, 4) is 11.8 Å². The number of rotatable bonds is 4. The Balaban J connectivity index is 2.02. The van der Waals surface area contributed by atoms with Gasteiger partial charge in [-0.25, -0.2) is 4.98 Å². The van der Waals surface area contributed by atoms with Gasteiger partial charge in [-0.1, -0.05) is 18.2 Å². The fourth-order valence-corrected chi connectivity index (χ4v) is 3.15. The topological polar surface area (TPSA) is 50.8 Å². The molecule has 0 atom stereocenters. The average Bonchev–Trinajstić information content (AvgIpc) is 2.92. The van der Waals surface area contributed by atoms with Crippen LogP contribution in [0.4, 0.5) is 0 Å². The van der Waals surface area contributed by atoms with Gasteiger partial charge in [0.1, 0.15) is 11.8 Å². The lowest BCUT2D eigenvalue weighted by molar-refractivity contribution is 0.241. The largest absolute Gasteiger partial charge is 0.490 e. The van der Waals surface area contributed by atoms with Gasteiger partial charge in [-0.2, -0.15) is 5.26 Å². The Bertz CT molecular complexity index is 996. The molecule has 2 aromatic carbocycles. The first-order valence-electron chi connectivity index (χ1n) is 7.99. The van der Waals surface area contributed by atoms with E-state index in [2.05, 4.69) is 27.0 Å². The van der Waals surface area contributed by atoms with Crippen molar-refractivity contribution < 1.29 is 4.74 Å². The molecule has 0 N–H and O–H groups in total. The van der Waals surface area contributed by atoms with E-state index in [4.69, 9.17) is 4.74 Å². The smallest absolute Gasteiger partial charge is 0.151 e. The van der Waals surface area contributed by atoms with Gasteiger partial charge >= 0.3 is 0 Å². The van der Waals surface area contributed by atoms with Gasteiger partial charge in [-0.15, -0.1) is 0 Å². The minimum Gasteiger partial charge on any atom is -0.490 e. The molecule has 0 saturated carbocycles. The predicted molar refractivity (Wildman–Crippen MR) is 104 cm³/mol. The van der Waals surface area contributed by atoms with Gasteiger partial charge < -0.3 is 9.30 Å². The molecule has 0 amide bonds. The molecule has 3 aromatic rings. The molecule has 1 heterocycles. The third kappa shape index (κ3) is 3.59. The fraction of sp³-hybridized carbons (Fsp3) is 0.200. The Morgan fingerprint density at radius 3 is 2.68 bits per heavy atom. The summed E-state index contributed by atoms with van der Waals surface area (Å²) < 4.78 is 8.52. The number of aromatic nitrogens is 2. The van der Waals surface area contributed by atoms with Crippen LogP contribution in [0.25, 0.3) is 22.7 Å². The van der Waals surface area contributed by atoms with Gasteiger partial charge in [0.25, 0.3) is 0 Å². The zero-order valence-corrected chi connectivity index (χ0v) is 15.9. The minimum atomic E-state index is 0.104. The van der Waals surface area contributed by atoms with Crippen LogP contribution >= 0.6 is 15.9 Å². The molecule has 0 radical (unpaired) electrons. The second-order valence-electron chi connectivity index (χ2n) is 6.01. The Kier molecular flexibility index (Phi) is 4.91. The lowest BCUT2D eigenvalue weighted by Crippen LogP contribution is -2.05. The Labute approximate surface area is 155 Å². The molecule has 5 heteroatoms. The number of hydrogen-bond acceptors (Lipinski definition) is 3. The maximum atomic E-state index is 9.63. The molecule has 0 unspecified atom stereocenters. The lowest BCUT2D eigenvalue weighted by Gasteiger charge is -2.11. The van der Waals surface area contributed by atoms with Gasteiger partial charge in [0.2, 0.25) is 0 Å². The first kappa shape index (κ1) is 17.2. The molecular formula is C20H18BrN3O. The van der Waals surface area contributed by atoms with Crippen molar-refractivity contribution in [1.82, 2.24) is 9.55 Å². The molecule has 0 aliphatic carbocycles. The highest BCUT2D eigenvalue weighted by atomic mass is 79.9. The maximum absolute atomic E-state index is 9.63. The van der Waals surface area contributed by atoms with Crippen molar-refractivity contribution in [2.75, 3.05) is 0 Å². The molecule has 0 aliphatic rings. The summed E-state index contributed by atoms with van der Waals surface area (Å²) in [6.45, 7) is 3.97. The lowest BCUT2D eigenvalue weighted by atomic mass is 10.1. The van der Waals surface area contributed by atoms with Crippen LogP contribution in [0.2, 0.25) is 0 Å². The van der Waals surface area contributed by atoms with Gasteiger partial charge in [-0.3, -0.25) is 0 Å². The quantitative estimate of drug-likeness (QED) is 0.571. The molecule has 0 fully saturated rings. The van der Waals surface area contributed by atoms with Crippen LogP contribution < -0.4 is 4.74 Å². The number of aryl methyl sites for hydroxylation is 1. The third-order valence-corrected chi connectivity index (χ3v) is 4.40. The first-order valence-corrected chi connectivity index (χ1v) is 8.78. The zero-order valence-electron chi connectivity index (χ0n) is 14.3. The molecule has 0 saturated heterocycles. The summed E-state index contributed by atoms with van der Waals surface area (Å²) >= 11 is 3.53. The number of ether oxygens (including phenoxy) is 1. The summed E-state index contributed by atoms with van der Waals surface area (Å²) in [6, 6.07) is 15.9. The number of imidazole rings is 1. The van der Waals surface area contributed by atoms with Crippen LogP contribution in [-0.2, 0) is 7.05 Å². The Hall–Kier alpha value is -2.58. The molecule has 0 spiro atoms. The molecule has 0 aliphatic heterocycles. The number of allylic oxidation sites excluding steroid dienone is 1. The second kappa shape index (κ2) is 7.12. The van der Waals surface area contributed by atoms with E-state index in [0.29, 0.717) is 11.4 Å².